The summed E-state index contributed by atoms with van der Waals surface area (Å²) in [6.07, 6.45) is 6.10. The second-order valence-electron chi connectivity index (χ2n) is 8.95. The molecular weight excluding hydrogens is 348 g/mol. The van der Waals surface area contributed by atoms with Gasteiger partial charge in [0.1, 0.15) is 11.5 Å². The minimum atomic E-state index is -0.313. The molecule has 0 amide bonds. The lowest BCUT2D eigenvalue weighted by atomic mass is 9.55. The van der Waals surface area contributed by atoms with E-state index in [1.165, 1.54) is 11.1 Å². The van der Waals surface area contributed by atoms with Crippen molar-refractivity contribution in [3.63, 3.8) is 0 Å². The molecule has 2 fully saturated rings. The fourth-order valence-corrected chi connectivity index (χ4v) is 6.13. The Bertz CT molecular complexity index is 932. The van der Waals surface area contributed by atoms with Crippen LogP contribution in [0, 0.1) is 17.3 Å². The quantitative estimate of drug-likeness (QED) is 0.527. The maximum Gasteiger partial charge on any atom is 0.343 e. The molecule has 2 saturated carbocycles. The highest BCUT2D eigenvalue weighted by Gasteiger charge is 2.54. The van der Waals surface area contributed by atoms with Crippen LogP contribution in [-0.4, -0.2) is 11.8 Å². The Morgan fingerprint density at radius 3 is 2.68 bits per heavy atom. The van der Waals surface area contributed by atoms with Crippen LogP contribution in [-0.2, 0) is 11.2 Å². The summed E-state index contributed by atoms with van der Waals surface area (Å²) in [6.45, 7) is 2.21. The molecule has 4 atom stereocenters. The maximum absolute atomic E-state index is 12.5. The first-order valence-electron chi connectivity index (χ1n) is 10.5. The Morgan fingerprint density at radius 1 is 1.04 bits per heavy atom. The van der Waals surface area contributed by atoms with Crippen molar-refractivity contribution in [1.82, 2.24) is 0 Å². The Balaban J connectivity index is 1.38. The predicted molar refractivity (Wildman–Crippen MR) is 107 cm³/mol. The van der Waals surface area contributed by atoms with Gasteiger partial charge in [-0.1, -0.05) is 31.2 Å². The van der Waals surface area contributed by atoms with E-state index in [1.807, 2.05) is 24.3 Å². The molecule has 0 bridgehead atoms. The second kappa shape index (κ2) is 6.58. The number of hydrogen-bond donors (Lipinski definition) is 0. The summed E-state index contributed by atoms with van der Waals surface area (Å²) in [5.41, 5.74) is 3.21. The van der Waals surface area contributed by atoms with Crippen molar-refractivity contribution >= 4 is 11.8 Å². The summed E-state index contributed by atoms with van der Waals surface area (Å²) in [5.74, 6) is 2.52. The van der Waals surface area contributed by atoms with E-state index in [-0.39, 0.29) is 11.4 Å². The summed E-state index contributed by atoms with van der Waals surface area (Å²) in [4.78, 5) is 24.8. The highest BCUT2D eigenvalue weighted by molar-refractivity contribution is 5.91. The summed E-state index contributed by atoms with van der Waals surface area (Å²) < 4.78 is 5.62. The van der Waals surface area contributed by atoms with Gasteiger partial charge >= 0.3 is 5.97 Å². The monoisotopic (exact) mass is 374 g/mol. The van der Waals surface area contributed by atoms with Crippen molar-refractivity contribution in [2.24, 2.45) is 17.3 Å². The number of rotatable bonds is 2. The van der Waals surface area contributed by atoms with Crippen molar-refractivity contribution in [3.05, 3.63) is 65.2 Å². The number of ether oxygens (including phenoxy) is 1. The zero-order valence-corrected chi connectivity index (χ0v) is 16.3. The van der Waals surface area contributed by atoms with Gasteiger partial charge in [-0.25, -0.2) is 4.79 Å². The van der Waals surface area contributed by atoms with Crippen LogP contribution in [0.1, 0.15) is 66.4 Å². The number of benzene rings is 2. The Labute approximate surface area is 166 Å². The molecule has 0 heterocycles. The Hall–Kier alpha value is -2.42. The number of fused-ring (bicyclic) bond motifs is 5. The van der Waals surface area contributed by atoms with Crippen LogP contribution in [0.4, 0.5) is 0 Å². The molecule has 0 spiro atoms. The van der Waals surface area contributed by atoms with E-state index in [2.05, 4.69) is 19.1 Å². The number of Topliss-reactive ketones (excluding diaryl/α,β-unsaturated/α-hetero) is 1. The number of hydrogen-bond acceptors (Lipinski definition) is 3. The van der Waals surface area contributed by atoms with Gasteiger partial charge in [-0.05, 0) is 85.3 Å². The number of carbonyl (C=O) groups excluding carboxylic acids is 2. The maximum atomic E-state index is 12.5. The fourth-order valence-electron chi connectivity index (χ4n) is 6.13. The molecule has 144 valence electrons. The normalized spacial score (nSPS) is 30.9. The second-order valence-corrected chi connectivity index (χ2v) is 8.95. The molecule has 3 nitrogen and oxygen atoms in total. The fraction of sp³-hybridized carbons (Fsp3) is 0.440. The third kappa shape index (κ3) is 2.71. The standard InChI is InChI=1S/C25H26O3/c1-25-14-13-20-19-10-8-18(28-24(27)16-5-3-2-4-6-16)15-17(19)7-9-21(20)22(25)11-12-23(25)26/h2-6,8,10,15,20-22H,7,9,11-14H2,1H3/t20-,21+,22+,25+/m1/s1. The van der Waals surface area contributed by atoms with Gasteiger partial charge in [0.15, 0.2) is 0 Å². The number of ketones is 1. The molecule has 3 aliphatic carbocycles. The van der Waals surface area contributed by atoms with Gasteiger partial charge in [-0.3, -0.25) is 4.79 Å². The molecule has 3 heteroatoms. The lowest BCUT2D eigenvalue weighted by Gasteiger charge is -2.48. The largest absolute Gasteiger partial charge is 0.423 e. The predicted octanol–water partition coefficient (Wildman–Crippen LogP) is 5.33. The highest BCUT2D eigenvalue weighted by Crippen LogP contribution is 2.59. The number of esters is 1. The van der Waals surface area contributed by atoms with E-state index in [9.17, 15) is 9.59 Å². The van der Waals surface area contributed by atoms with E-state index in [0.717, 1.165) is 38.5 Å². The summed E-state index contributed by atoms with van der Waals surface area (Å²) in [5, 5.41) is 0. The third-order valence-electron chi connectivity index (χ3n) is 7.63. The molecule has 0 radical (unpaired) electrons. The molecule has 0 saturated heterocycles. The topological polar surface area (TPSA) is 43.4 Å². The van der Waals surface area contributed by atoms with Crippen molar-refractivity contribution < 1.29 is 14.3 Å². The lowest BCUT2D eigenvalue weighted by Crippen LogP contribution is -2.42. The smallest absolute Gasteiger partial charge is 0.343 e. The molecule has 0 aromatic heterocycles. The third-order valence-corrected chi connectivity index (χ3v) is 7.63. The summed E-state index contributed by atoms with van der Waals surface area (Å²) >= 11 is 0. The highest BCUT2D eigenvalue weighted by atomic mass is 16.5. The lowest BCUT2D eigenvalue weighted by molar-refractivity contribution is -0.129. The molecule has 0 unspecified atom stereocenters. The van der Waals surface area contributed by atoms with Crippen molar-refractivity contribution in [2.45, 2.75) is 51.4 Å². The van der Waals surface area contributed by atoms with Crippen molar-refractivity contribution in [1.29, 1.82) is 0 Å². The molecule has 28 heavy (non-hydrogen) atoms. The Kier molecular flexibility index (Phi) is 4.15. The van der Waals surface area contributed by atoms with Gasteiger partial charge in [-0.15, -0.1) is 0 Å². The SMILES string of the molecule is C[C@]12CC[C@@H]3c4ccc(OC(=O)c5ccccc5)cc4CC[C@@H]3[C@@H]1CCC2=O. The van der Waals surface area contributed by atoms with Gasteiger partial charge in [0, 0.05) is 11.8 Å². The van der Waals surface area contributed by atoms with Crippen LogP contribution >= 0.6 is 0 Å². The molecule has 2 aromatic rings. The van der Waals surface area contributed by atoms with Gasteiger partial charge in [-0.2, -0.15) is 0 Å². The Morgan fingerprint density at radius 2 is 1.86 bits per heavy atom. The average molecular weight is 374 g/mol. The number of carbonyl (C=O) groups is 2. The molecule has 0 aliphatic heterocycles. The average Bonchev–Trinajstić information content (AvgIpc) is 3.03. The first-order chi connectivity index (χ1) is 13.6. The number of aryl methyl sites for hydroxylation is 1. The van der Waals surface area contributed by atoms with Crippen LogP contribution in [0.15, 0.2) is 48.5 Å². The summed E-state index contributed by atoms with van der Waals surface area (Å²) in [7, 11) is 0. The van der Waals surface area contributed by atoms with Crippen LogP contribution < -0.4 is 4.74 Å². The van der Waals surface area contributed by atoms with E-state index >= 15 is 0 Å². The van der Waals surface area contributed by atoms with Crippen molar-refractivity contribution in [2.75, 3.05) is 0 Å². The minimum Gasteiger partial charge on any atom is -0.423 e. The van der Waals surface area contributed by atoms with E-state index in [0.29, 0.717) is 34.8 Å². The van der Waals surface area contributed by atoms with Gasteiger partial charge in [0.25, 0.3) is 0 Å². The van der Waals surface area contributed by atoms with E-state index < -0.39 is 0 Å². The zero-order chi connectivity index (χ0) is 19.3. The minimum absolute atomic E-state index is 0.0795. The molecule has 2 aromatic carbocycles. The van der Waals surface area contributed by atoms with Gasteiger partial charge in [0.2, 0.25) is 0 Å². The van der Waals surface area contributed by atoms with Crippen LogP contribution in [0.3, 0.4) is 0 Å². The molecule has 5 rings (SSSR count). The zero-order valence-electron chi connectivity index (χ0n) is 16.3. The van der Waals surface area contributed by atoms with Gasteiger partial charge < -0.3 is 4.74 Å². The first-order valence-corrected chi connectivity index (χ1v) is 10.5. The molecule has 3 aliphatic rings. The molecule has 0 N–H and O–H groups in total. The van der Waals surface area contributed by atoms with Crippen LogP contribution in [0.2, 0.25) is 0 Å². The van der Waals surface area contributed by atoms with Gasteiger partial charge in [0.05, 0.1) is 5.56 Å². The first kappa shape index (κ1) is 17.7. The van der Waals surface area contributed by atoms with Crippen molar-refractivity contribution in [3.8, 4) is 5.75 Å². The van der Waals surface area contributed by atoms with Crippen LogP contribution in [0.5, 0.6) is 5.75 Å². The van der Waals surface area contributed by atoms with Crippen LogP contribution in [0.25, 0.3) is 0 Å². The summed E-state index contributed by atoms with van der Waals surface area (Å²) in [6, 6.07) is 15.3. The van der Waals surface area contributed by atoms with E-state index in [4.69, 9.17) is 4.74 Å². The molecular formula is C25H26O3. The van der Waals surface area contributed by atoms with E-state index in [1.54, 1.807) is 12.1 Å².